The maximum Gasteiger partial charge on any atom is 0.297 e. The first-order valence-corrected chi connectivity index (χ1v) is 9.92. The Morgan fingerprint density at radius 1 is 1.06 bits per heavy atom. The molecule has 32 heavy (non-hydrogen) atoms. The Kier molecular flexibility index (Phi) is 5.45. The van der Waals surface area contributed by atoms with Gasteiger partial charge in [-0.3, -0.25) is 23.8 Å². The number of aliphatic imine (C=N–C) groups is 1. The van der Waals surface area contributed by atoms with Crippen LogP contribution >= 0.6 is 12.2 Å². The van der Waals surface area contributed by atoms with Gasteiger partial charge in [0, 0.05) is 13.3 Å². The molecule has 0 saturated carbocycles. The summed E-state index contributed by atoms with van der Waals surface area (Å²) in [6.45, 7) is 1.72. The SMILES string of the molecule is Cc1c(N=Cc2c(O)n(-c3ccc(F)cc3)c(=S)[nH]c2=O)c(=O)n(-c2ccccc2)n1C. The lowest BCUT2D eigenvalue weighted by molar-refractivity contribution is 0.432. The third-order valence-corrected chi connectivity index (χ3v) is 5.34. The summed E-state index contributed by atoms with van der Waals surface area (Å²) in [6, 6.07) is 14.3. The number of benzene rings is 2. The van der Waals surface area contributed by atoms with E-state index in [9.17, 15) is 19.1 Å². The molecular weight excluding hydrogens is 433 g/mol. The zero-order chi connectivity index (χ0) is 23.0. The van der Waals surface area contributed by atoms with Crippen molar-refractivity contribution in [3.8, 4) is 17.3 Å². The largest absolute Gasteiger partial charge is 0.494 e. The first-order chi connectivity index (χ1) is 15.3. The number of para-hydroxylation sites is 1. The van der Waals surface area contributed by atoms with Gasteiger partial charge in [0.25, 0.3) is 11.1 Å². The Hall–Kier alpha value is -4.05. The van der Waals surface area contributed by atoms with Crippen molar-refractivity contribution < 1.29 is 9.50 Å². The number of halogens is 1. The van der Waals surface area contributed by atoms with E-state index < -0.39 is 17.3 Å². The van der Waals surface area contributed by atoms with Crippen molar-refractivity contribution in [1.82, 2.24) is 18.9 Å². The first kappa shape index (κ1) is 21.2. The van der Waals surface area contributed by atoms with Crippen molar-refractivity contribution in [2.24, 2.45) is 12.0 Å². The summed E-state index contributed by atoms with van der Waals surface area (Å²) in [5.74, 6) is -0.939. The molecule has 0 unspecified atom stereocenters. The van der Waals surface area contributed by atoms with E-state index in [2.05, 4.69) is 9.98 Å². The quantitative estimate of drug-likeness (QED) is 0.368. The molecule has 2 aromatic carbocycles. The Morgan fingerprint density at radius 2 is 1.72 bits per heavy atom. The number of aromatic hydroxyl groups is 1. The van der Waals surface area contributed by atoms with Gasteiger partial charge in [-0.15, -0.1) is 0 Å². The number of H-pyrrole nitrogens is 1. The molecule has 0 saturated heterocycles. The highest BCUT2D eigenvalue weighted by molar-refractivity contribution is 7.71. The molecule has 0 fully saturated rings. The minimum absolute atomic E-state index is 0.0708. The van der Waals surface area contributed by atoms with E-state index in [1.807, 2.05) is 18.2 Å². The van der Waals surface area contributed by atoms with Gasteiger partial charge in [0.1, 0.15) is 11.4 Å². The van der Waals surface area contributed by atoms with Crippen LogP contribution in [0.4, 0.5) is 10.1 Å². The molecule has 0 aliphatic carbocycles. The molecule has 162 valence electrons. The smallest absolute Gasteiger partial charge is 0.297 e. The number of rotatable bonds is 4. The van der Waals surface area contributed by atoms with Gasteiger partial charge in [-0.2, -0.15) is 0 Å². The van der Waals surface area contributed by atoms with E-state index >= 15 is 0 Å². The molecule has 4 aromatic rings. The monoisotopic (exact) mass is 451 g/mol. The third-order valence-electron chi connectivity index (χ3n) is 5.05. The summed E-state index contributed by atoms with van der Waals surface area (Å²) >= 11 is 5.15. The van der Waals surface area contributed by atoms with E-state index in [0.717, 1.165) is 6.21 Å². The summed E-state index contributed by atoms with van der Waals surface area (Å²) in [5.41, 5.74) is 0.443. The molecule has 0 aliphatic heterocycles. The van der Waals surface area contributed by atoms with Crippen LogP contribution in [0.1, 0.15) is 11.3 Å². The highest BCUT2D eigenvalue weighted by Crippen LogP contribution is 2.21. The Morgan fingerprint density at radius 3 is 2.38 bits per heavy atom. The van der Waals surface area contributed by atoms with Crippen LogP contribution in [0.25, 0.3) is 11.4 Å². The standard InChI is InChI=1S/C22H18FN5O3S/c1-13-18(21(31)28(26(13)2)16-6-4-3-5-7-16)24-12-17-19(29)25-22(32)27(20(17)30)15-10-8-14(23)9-11-15/h3-12,30H,1-2H3,(H,25,29,32). The number of aromatic nitrogens is 4. The highest BCUT2D eigenvalue weighted by atomic mass is 32.1. The van der Waals surface area contributed by atoms with E-state index in [0.29, 0.717) is 17.1 Å². The van der Waals surface area contributed by atoms with E-state index in [1.165, 1.54) is 33.5 Å². The third kappa shape index (κ3) is 3.60. The maximum atomic E-state index is 13.3. The van der Waals surface area contributed by atoms with Crippen LogP contribution < -0.4 is 11.1 Å². The van der Waals surface area contributed by atoms with Crippen LogP contribution in [0.5, 0.6) is 5.88 Å². The molecule has 0 amide bonds. The average Bonchev–Trinajstić information content (AvgIpc) is 2.98. The van der Waals surface area contributed by atoms with Gasteiger partial charge in [0.15, 0.2) is 10.5 Å². The summed E-state index contributed by atoms with van der Waals surface area (Å²) < 4.78 is 17.5. The molecule has 0 radical (unpaired) electrons. The molecular formula is C22H18FN5O3S. The second-order valence-corrected chi connectivity index (χ2v) is 7.36. The number of nitrogens with zero attached hydrogens (tertiary/aromatic N) is 4. The molecule has 2 heterocycles. The van der Waals surface area contributed by atoms with Crippen molar-refractivity contribution in [2.45, 2.75) is 6.92 Å². The first-order valence-electron chi connectivity index (χ1n) is 9.52. The van der Waals surface area contributed by atoms with Crippen LogP contribution in [0.3, 0.4) is 0 Å². The molecule has 10 heteroatoms. The number of hydrogen-bond acceptors (Lipinski definition) is 5. The summed E-state index contributed by atoms with van der Waals surface area (Å²) in [6.07, 6.45) is 1.11. The van der Waals surface area contributed by atoms with Gasteiger partial charge in [-0.05, 0) is 55.5 Å². The van der Waals surface area contributed by atoms with Gasteiger partial charge >= 0.3 is 0 Å². The molecule has 0 spiro atoms. The Bertz CT molecular complexity index is 1510. The summed E-state index contributed by atoms with van der Waals surface area (Å²) in [5, 5.41) is 10.7. The van der Waals surface area contributed by atoms with Crippen molar-refractivity contribution in [1.29, 1.82) is 0 Å². The Balaban J connectivity index is 1.84. The molecule has 0 aliphatic rings. The minimum atomic E-state index is -0.674. The number of hydrogen-bond donors (Lipinski definition) is 2. The highest BCUT2D eigenvalue weighted by Gasteiger charge is 2.17. The lowest BCUT2D eigenvalue weighted by Gasteiger charge is -2.11. The maximum absolute atomic E-state index is 13.3. The second-order valence-electron chi connectivity index (χ2n) is 6.98. The lowest BCUT2D eigenvalue weighted by Crippen LogP contribution is -2.19. The van der Waals surface area contributed by atoms with Crippen LogP contribution in [-0.4, -0.2) is 30.2 Å². The van der Waals surface area contributed by atoms with Crippen molar-refractivity contribution in [3.63, 3.8) is 0 Å². The van der Waals surface area contributed by atoms with Gasteiger partial charge in [0.05, 0.1) is 17.1 Å². The molecule has 2 aromatic heterocycles. The van der Waals surface area contributed by atoms with Crippen LogP contribution in [0.15, 0.2) is 69.2 Å². The fourth-order valence-corrected chi connectivity index (χ4v) is 3.60. The fraction of sp³-hybridized carbons (Fsp3) is 0.0909. The fourth-order valence-electron chi connectivity index (χ4n) is 3.32. The lowest BCUT2D eigenvalue weighted by atomic mass is 10.3. The normalized spacial score (nSPS) is 11.3. The van der Waals surface area contributed by atoms with Crippen molar-refractivity contribution in [2.75, 3.05) is 0 Å². The van der Waals surface area contributed by atoms with E-state index in [-0.39, 0.29) is 21.6 Å². The number of aromatic amines is 1. The zero-order valence-corrected chi connectivity index (χ0v) is 17.9. The van der Waals surface area contributed by atoms with Gasteiger partial charge < -0.3 is 5.11 Å². The Labute approximate surface area is 186 Å². The average molecular weight is 451 g/mol. The van der Waals surface area contributed by atoms with E-state index in [4.69, 9.17) is 12.2 Å². The second kappa shape index (κ2) is 8.23. The minimum Gasteiger partial charge on any atom is -0.494 e. The molecule has 8 nitrogen and oxygen atoms in total. The van der Waals surface area contributed by atoms with E-state index in [1.54, 1.807) is 30.8 Å². The van der Waals surface area contributed by atoms with Crippen LogP contribution in [0.2, 0.25) is 0 Å². The summed E-state index contributed by atoms with van der Waals surface area (Å²) in [4.78, 5) is 32.1. The van der Waals surface area contributed by atoms with Crippen LogP contribution in [0, 0.1) is 17.5 Å². The predicted octanol–water partition coefficient (Wildman–Crippen LogP) is 3.29. The molecule has 0 bridgehead atoms. The predicted molar refractivity (Wildman–Crippen MR) is 122 cm³/mol. The molecule has 0 atom stereocenters. The molecule has 2 N–H and O–H groups in total. The van der Waals surface area contributed by atoms with Crippen LogP contribution in [-0.2, 0) is 7.05 Å². The van der Waals surface area contributed by atoms with Gasteiger partial charge in [-0.1, -0.05) is 18.2 Å². The summed E-state index contributed by atoms with van der Waals surface area (Å²) in [7, 11) is 1.72. The topological polar surface area (TPSA) is 97.3 Å². The van der Waals surface area contributed by atoms with Crippen molar-refractivity contribution in [3.05, 3.63) is 97.2 Å². The zero-order valence-electron chi connectivity index (χ0n) is 17.1. The van der Waals surface area contributed by atoms with Gasteiger partial charge in [-0.25, -0.2) is 14.1 Å². The number of nitrogens with one attached hydrogen (secondary N) is 1. The molecule has 4 rings (SSSR count). The van der Waals surface area contributed by atoms with Crippen molar-refractivity contribution >= 4 is 24.1 Å². The van der Waals surface area contributed by atoms with Gasteiger partial charge in [0.2, 0.25) is 5.88 Å².